The molecule has 17 heavy (non-hydrogen) atoms. The lowest BCUT2D eigenvalue weighted by atomic mass is 10.2. The van der Waals surface area contributed by atoms with Crippen molar-refractivity contribution < 1.29 is 4.74 Å². The molecule has 0 aliphatic carbocycles. The Labute approximate surface area is 102 Å². The van der Waals surface area contributed by atoms with Crippen LogP contribution in [-0.2, 0) is 17.9 Å². The number of hydrogen-bond acceptors (Lipinski definition) is 2. The van der Waals surface area contributed by atoms with Crippen LogP contribution in [0.1, 0.15) is 11.1 Å². The first-order valence-electron chi connectivity index (χ1n) is 5.74. The van der Waals surface area contributed by atoms with Crippen LogP contribution in [0, 0.1) is 0 Å². The summed E-state index contributed by atoms with van der Waals surface area (Å²) >= 11 is 0. The van der Waals surface area contributed by atoms with E-state index < -0.39 is 0 Å². The zero-order chi connectivity index (χ0) is 11.9. The van der Waals surface area contributed by atoms with Gasteiger partial charge in [0.05, 0.1) is 6.61 Å². The minimum atomic E-state index is 0.654. The quantitative estimate of drug-likeness (QED) is 0.844. The van der Waals surface area contributed by atoms with Crippen LogP contribution in [0.25, 0.3) is 0 Å². The number of methoxy groups -OCH3 is 1. The van der Waals surface area contributed by atoms with Crippen LogP contribution in [0.5, 0.6) is 0 Å². The fourth-order valence-electron chi connectivity index (χ4n) is 1.74. The summed E-state index contributed by atoms with van der Waals surface area (Å²) in [7, 11) is 1.71. The van der Waals surface area contributed by atoms with Crippen molar-refractivity contribution in [1.29, 1.82) is 0 Å². The summed E-state index contributed by atoms with van der Waals surface area (Å²) in [5.41, 5.74) is 3.60. The van der Waals surface area contributed by atoms with E-state index in [0.717, 1.165) is 12.2 Å². The fourth-order valence-corrected chi connectivity index (χ4v) is 1.74. The molecule has 0 heterocycles. The topological polar surface area (TPSA) is 21.3 Å². The first kappa shape index (κ1) is 11.7. The van der Waals surface area contributed by atoms with Crippen molar-refractivity contribution in [2.24, 2.45) is 0 Å². The second kappa shape index (κ2) is 6.06. The Balaban J connectivity index is 1.97. The Bertz CT molecular complexity index is 453. The third-order valence-corrected chi connectivity index (χ3v) is 2.58. The summed E-state index contributed by atoms with van der Waals surface area (Å²) < 4.78 is 5.12. The van der Waals surface area contributed by atoms with Gasteiger partial charge in [0.25, 0.3) is 0 Å². The third kappa shape index (κ3) is 3.61. The van der Waals surface area contributed by atoms with Crippen LogP contribution in [-0.4, -0.2) is 7.11 Å². The molecule has 2 aromatic carbocycles. The average Bonchev–Trinajstić information content (AvgIpc) is 2.39. The van der Waals surface area contributed by atoms with E-state index in [4.69, 9.17) is 4.74 Å². The van der Waals surface area contributed by atoms with Crippen LogP contribution in [0.2, 0.25) is 0 Å². The van der Waals surface area contributed by atoms with Gasteiger partial charge < -0.3 is 10.1 Å². The molecule has 0 radical (unpaired) electrons. The molecule has 0 aliphatic rings. The SMILES string of the molecule is COCc1cccc(NCc2ccccc2)c1. The lowest BCUT2D eigenvalue weighted by molar-refractivity contribution is 0.185. The molecule has 1 N–H and O–H groups in total. The van der Waals surface area contributed by atoms with Gasteiger partial charge in [-0.2, -0.15) is 0 Å². The molecular weight excluding hydrogens is 210 g/mol. The van der Waals surface area contributed by atoms with Gasteiger partial charge in [-0.05, 0) is 23.3 Å². The third-order valence-electron chi connectivity index (χ3n) is 2.58. The van der Waals surface area contributed by atoms with Gasteiger partial charge in [0.2, 0.25) is 0 Å². The molecule has 2 rings (SSSR count). The monoisotopic (exact) mass is 227 g/mol. The van der Waals surface area contributed by atoms with Crippen LogP contribution < -0.4 is 5.32 Å². The van der Waals surface area contributed by atoms with Crippen molar-refractivity contribution in [3.63, 3.8) is 0 Å². The Morgan fingerprint density at radius 2 is 1.71 bits per heavy atom. The molecule has 0 unspecified atom stereocenters. The molecule has 0 aromatic heterocycles. The van der Waals surface area contributed by atoms with E-state index in [-0.39, 0.29) is 0 Å². The van der Waals surface area contributed by atoms with Crippen LogP contribution in [0.3, 0.4) is 0 Å². The van der Waals surface area contributed by atoms with E-state index in [2.05, 4.69) is 47.8 Å². The Morgan fingerprint density at radius 1 is 0.941 bits per heavy atom. The Hall–Kier alpha value is -1.80. The van der Waals surface area contributed by atoms with Crippen molar-refractivity contribution in [2.75, 3.05) is 12.4 Å². The van der Waals surface area contributed by atoms with Gasteiger partial charge in [-0.3, -0.25) is 0 Å². The van der Waals surface area contributed by atoms with E-state index in [0.29, 0.717) is 6.61 Å². The van der Waals surface area contributed by atoms with E-state index >= 15 is 0 Å². The van der Waals surface area contributed by atoms with E-state index in [9.17, 15) is 0 Å². The second-order valence-electron chi connectivity index (χ2n) is 3.97. The van der Waals surface area contributed by atoms with Crippen LogP contribution >= 0.6 is 0 Å². The smallest absolute Gasteiger partial charge is 0.0713 e. The normalized spacial score (nSPS) is 10.2. The molecule has 0 bridgehead atoms. The maximum atomic E-state index is 5.12. The highest BCUT2D eigenvalue weighted by Crippen LogP contribution is 2.12. The van der Waals surface area contributed by atoms with Gasteiger partial charge >= 0.3 is 0 Å². The van der Waals surface area contributed by atoms with E-state index in [1.54, 1.807) is 7.11 Å². The lowest BCUT2D eigenvalue weighted by Crippen LogP contribution is -1.99. The molecule has 2 heteroatoms. The molecule has 0 fully saturated rings. The minimum Gasteiger partial charge on any atom is -0.381 e. The Morgan fingerprint density at radius 3 is 2.47 bits per heavy atom. The molecule has 0 saturated heterocycles. The van der Waals surface area contributed by atoms with Gasteiger partial charge in [-0.25, -0.2) is 0 Å². The minimum absolute atomic E-state index is 0.654. The van der Waals surface area contributed by atoms with Gasteiger partial charge in [0.1, 0.15) is 0 Å². The van der Waals surface area contributed by atoms with Crippen molar-refractivity contribution in [2.45, 2.75) is 13.2 Å². The number of hydrogen-bond donors (Lipinski definition) is 1. The van der Waals surface area contributed by atoms with Crippen LogP contribution in [0.4, 0.5) is 5.69 Å². The highest BCUT2D eigenvalue weighted by atomic mass is 16.5. The maximum Gasteiger partial charge on any atom is 0.0713 e. The predicted molar refractivity (Wildman–Crippen MR) is 70.9 cm³/mol. The van der Waals surface area contributed by atoms with Crippen molar-refractivity contribution in [1.82, 2.24) is 0 Å². The summed E-state index contributed by atoms with van der Waals surface area (Å²) in [4.78, 5) is 0. The Kier molecular flexibility index (Phi) is 4.17. The van der Waals surface area contributed by atoms with Crippen molar-refractivity contribution in [3.05, 3.63) is 65.7 Å². The second-order valence-corrected chi connectivity index (χ2v) is 3.97. The van der Waals surface area contributed by atoms with Gasteiger partial charge in [-0.1, -0.05) is 42.5 Å². The molecule has 0 spiro atoms. The van der Waals surface area contributed by atoms with Crippen LogP contribution in [0.15, 0.2) is 54.6 Å². The van der Waals surface area contributed by atoms with E-state index in [1.807, 2.05) is 12.1 Å². The molecule has 2 nitrogen and oxygen atoms in total. The fraction of sp³-hybridized carbons (Fsp3) is 0.200. The number of nitrogens with one attached hydrogen (secondary N) is 1. The maximum absolute atomic E-state index is 5.12. The van der Waals surface area contributed by atoms with Gasteiger partial charge in [0, 0.05) is 19.3 Å². The van der Waals surface area contributed by atoms with Crippen molar-refractivity contribution >= 4 is 5.69 Å². The van der Waals surface area contributed by atoms with E-state index in [1.165, 1.54) is 11.1 Å². The molecule has 0 aliphatic heterocycles. The average molecular weight is 227 g/mol. The predicted octanol–water partition coefficient (Wildman–Crippen LogP) is 3.45. The standard InChI is InChI=1S/C15H17NO/c1-17-12-14-8-5-9-15(10-14)16-11-13-6-3-2-4-7-13/h2-10,16H,11-12H2,1H3. The first-order chi connectivity index (χ1) is 8.38. The largest absolute Gasteiger partial charge is 0.381 e. The molecule has 0 atom stereocenters. The summed E-state index contributed by atoms with van der Waals surface area (Å²) in [5, 5.41) is 3.40. The highest BCUT2D eigenvalue weighted by molar-refractivity contribution is 5.46. The summed E-state index contributed by atoms with van der Waals surface area (Å²) in [6.07, 6.45) is 0. The number of rotatable bonds is 5. The number of benzene rings is 2. The summed E-state index contributed by atoms with van der Waals surface area (Å²) in [5.74, 6) is 0. The molecular formula is C15H17NO. The van der Waals surface area contributed by atoms with Gasteiger partial charge in [-0.15, -0.1) is 0 Å². The number of ether oxygens (including phenoxy) is 1. The zero-order valence-electron chi connectivity index (χ0n) is 10.0. The molecule has 0 amide bonds. The number of anilines is 1. The summed E-state index contributed by atoms with van der Waals surface area (Å²) in [6, 6.07) is 18.7. The highest BCUT2D eigenvalue weighted by Gasteiger charge is 1.96. The molecule has 2 aromatic rings. The molecule has 0 saturated carbocycles. The van der Waals surface area contributed by atoms with Crippen molar-refractivity contribution in [3.8, 4) is 0 Å². The lowest BCUT2D eigenvalue weighted by Gasteiger charge is -2.08. The van der Waals surface area contributed by atoms with Gasteiger partial charge in [0.15, 0.2) is 0 Å². The zero-order valence-corrected chi connectivity index (χ0v) is 10.0. The first-order valence-corrected chi connectivity index (χ1v) is 5.74. The molecule has 88 valence electrons. The summed E-state index contributed by atoms with van der Waals surface area (Å²) in [6.45, 7) is 1.50.